The van der Waals surface area contributed by atoms with E-state index < -0.39 is 0 Å². The fourth-order valence-electron chi connectivity index (χ4n) is 2.94. The first-order valence-corrected chi connectivity index (χ1v) is 8.33. The van der Waals surface area contributed by atoms with Gasteiger partial charge < -0.3 is 4.90 Å². The molecule has 1 fully saturated rings. The Morgan fingerprint density at radius 2 is 2.33 bits per heavy atom. The first-order chi connectivity index (χ1) is 10.2. The lowest BCUT2D eigenvalue weighted by atomic mass is 9.91. The number of pyridine rings is 1. The normalized spacial score (nSPS) is 19.6. The van der Waals surface area contributed by atoms with Gasteiger partial charge in [-0.2, -0.15) is 0 Å². The molecular formula is C16H22N4S. The molecule has 0 amide bonds. The molecule has 1 aliphatic heterocycles. The lowest BCUT2D eigenvalue weighted by Gasteiger charge is -2.32. The van der Waals surface area contributed by atoms with Crippen LogP contribution in [0.3, 0.4) is 0 Å². The highest BCUT2D eigenvalue weighted by Gasteiger charge is 2.22. The molecule has 1 atom stereocenters. The monoisotopic (exact) mass is 302 g/mol. The predicted octanol–water partition coefficient (Wildman–Crippen LogP) is 2.98. The lowest BCUT2D eigenvalue weighted by Crippen LogP contribution is -2.33. The van der Waals surface area contributed by atoms with Crippen LogP contribution in [0.4, 0.5) is 5.82 Å². The van der Waals surface area contributed by atoms with E-state index in [9.17, 15) is 0 Å². The third-order valence-electron chi connectivity index (χ3n) is 4.07. The average molecular weight is 302 g/mol. The molecule has 1 saturated heterocycles. The van der Waals surface area contributed by atoms with Crippen molar-refractivity contribution in [2.24, 2.45) is 0 Å². The Kier molecular flexibility index (Phi) is 4.51. The SMILES string of the molecule is CN(C)c1cc([C@@H]2CCCN(Cc3cncs3)C2)ccn1. The first-order valence-electron chi connectivity index (χ1n) is 7.45. The average Bonchev–Trinajstić information content (AvgIpc) is 3.00. The second-order valence-electron chi connectivity index (χ2n) is 5.88. The van der Waals surface area contributed by atoms with Gasteiger partial charge in [0, 0.05) is 44.5 Å². The zero-order chi connectivity index (χ0) is 14.7. The van der Waals surface area contributed by atoms with Crippen LogP contribution in [-0.4, -0.2) is 42.1 Å². The quantitative estimate of drug-likeness (QED) is 0.869. The fourth-order valence-corrected chi connectivity index (χ4v) is 3.58. The van der Waals surface area contributed by atoms with Gasteiger partial charge in [0.2, 0.25) is 0 Å². The van der Waals surface area contributed by atoms with Gasteiger partial charge in [-0.05, 0) is 43.0 Å². The van der Waals surface area contributed by atoms with E-state index >= 15 is 0 Å². The van der Waals surface area contributed by atoms with Crippen molar-refractivity contribution in [3.05, 3.63) is 40.5 Å². The van der Waals surface area contributed by atoms with Crippen LogP contribution in [0.25, 0.3) is 0 Å². The van der Waals surface area contributed by atoms with E-state index in [0.717, 1.165) is 18.9 Å². The minimum absolute atomic E-state index is 0.619. The third-order valence-corrected chi connectivity index (χ3v) is 4.83. The number of hydrogen-bond donors (Lipinski definition) is 0. The maximum Gasteiger partial charge on any atom is 0.128 e. The summed E-state index contributed by atoms with van der Waals surface area (Å²) in [6, 6.07) is 4.41. The molecule has 2 aromatic heterocycles. The van der Waals surface area contributed by atoms with Crippen LogP contribution in [0.2, 0.25) is 0 Å². The molecular weight excluding hydrogens is 280 g/mol. The minimum Gasteiger partial charge on any atom is -0.363 e. The fraction of sp³-hybridized carbons (Fsp3) is 0.500. The van der Waals surface area contributed by atoms with E-state index in [-0.39, 0.29) is 0 Å². The van der Waals surface area contributed by atoms with Gasteiger partial charge in [0.05, 0.1) is 5.51 Å². The van der Waals surface area contributed by atoms with Crippen LogP contribution in [0, 0.1) is 0 Å². The number of aromatic nitrogens is 2. The number of hydrogen-bond acceptors (Lipinski definition) is 5. The van der Waals surface area contributed by atoms with Gasteiger partial charge in [-0.15, -0.1) is 11.3 Å². The number of anilines is 1. The standard InChI is InChI=1S/C16H22N4S/c1-19(2)16-8-13(5-6-18-16)14-4-3-7-20(10-14)11-15-9-17-12-21-15/h5-6,8-9,12,14H,3-4,7,10-11H2,1-2H3/t14-/m1/s1. The van der Waals surface area contributed by atoms with Gasteiger partial charge in [0.15, 0.2) is 0 Å². The zero-order valence-electron chi connectivity index (χ0n) is 12.7. The van der Waals surface area contributed by atoms with Crippen LogP contribution in [0.5, 0.6) is 0 Å². The molecule has 2 aromatic rings. The van der Waals surface area contributed by atoms with Crippen LogP contribution in [-0.2, 0) is 6.54 Å². The first kappa shape index (κ1) is 14.5. The number of piperidine rings is 1. The van der Waals surface area contributed by atoms with Crippen molar-refractivity contribution >= 4 is 17.2 Å². The Bertz CT molecular complexity index is 567. The highest BCUT2D eigenvalue weighted by atomic mass is 32.1. The molecule has 0 saturated carbocycles. The maximum absolute atomic E-state index is 4.42. The molecule has 0 spiro atoms. The molecule has 0 aliphatic carbocycles. The lowest BCUT2D eigenvalue weighted by molar-refractivity contribution is 0.201. The molecule has 21 heavy (non-hydrogen) atoms. The van der Waals surface area contributed by atoms with Crippen molar-refractivity contribution < 1.29 is 0 Å². The topological polar surface area (TPSA) is 32.3 Å². The van der Waals surface area contributed by atoms with E-state index in [1.165, 1.54) is 29.8 Å². The van der Waals surface area contributed by atoms with Crippen LogP contribution in [0.15, 0.2) is 30.0 Å². The number of rotatable bonds is 4. The Hall–Kier alpha value is -1.46. The van der Waals surface area contributed by atoms with Crippen molar-refractivity contribution in [1.29, 1.82) is 0 Å². The summed E-state index contributed by atoms with van der Waals surface area (Å²) in [5.41, 5.74) is 3.34. The molecule has 0 aromatic carbocycles. The molecule has 0 radical (unpaired) electrons. The molecule has 3 rings (SSSR count). The van der Waals surface area contributed by atoms with E-state index in [1.54, 1.807) is 11.3 Å². The largest absolute Gasteiger partial charge is 0.363 e. The summed E-state index contributed by atoms with van der Waals surface area (Å²) < 4.78 is 0. The Labute approximate surface area is 130 Å². The third kappa shape index (κ3) is 3.60. The predicted molar refractivity (Wildman–Crippen MR) is 87.9 cm³/mol. The highest BCUT2D eigenvalue weighted by molar-refractivity contribution is 7.09. The van der Waals surface area contributed by atoms with E-state index in [0.29, 0.717) is 5.92 Å². The Balaban J connectivity index is 1.69. The second kappa shape index (κ2) is 6.54. The smallest absolute Gasteiger partial charge is 0.128 e. The summed E-state index contributed by atoms with van der Waals surface area (Å²) in [5, 5.41) is 0. The van der Waals surface area contributed by atoms with Crippen LogP contribution >= 0.6 is 11.3 Å². The molecule has 0 bridgehead atoms. The van der Waals surface area contributed by atoms with Gasteiger partial charge in [-0.25, -0.2) is 4.98 Å². The van der Waals surface area contributed by atoms with Crippen molar-refractivity contribution in [2.75, 3.05) is 32.1 Å². The molecule has 112 valence electrons. The second-order valence-corrected chi connectivity index (χ2v) is 6.85. The van der Waals surface area contributed by atoms with E-state index in [1.807, 2.05) is 32.0 Å². The summed E-state index contributed by atoms with van der Waals surface area (Å²) in [6.45, 7) is 3.36. The summed E-state index contributed by atoms with van der Waals surface area (Å²) in [6.07, 6.45) is 6.47. The molecule has 5 heteroatoms. The Morgan fingerprint density at radius 1 is 1.43 bits per heavy atom. The molecule has 0 unspecified atom stereocenters. The maximum atomic E-state index is 4.42. The van der Waals surface area contributed by atoms with Gasteiger partial charge in [0.25, 0.3) is 0 Å². The summed E-state index contributed by atoms with van der Waals surface area (Å²) in [7, 11) is 4.09. The molecule has 1 aliphatic rings. The van der Waals surface area contributed by atoms with Crippen LogP contribution in [0.1, 0.15) is 29.2 Å². The molecule has 3 heterocycles. The Morgan fingerprint density at radius 3 is 3.10 bits per heavy atom. The van der Waals surface area contributed by atoms with Crippen molar-refractivity contribution in [3.63, 3.8) is 0 Å². The molecule has 4 nitrogen and oxygen atoms in total. The summed E-state index contributed by atoms with van der Waals surface area (Å²) >= 11 is 1.75. The van der Waals surface area contributed by atoms with Gasteiger partial charge in [-0.1, -0.05) is 0 Å². The molecule has 0 N–H and O–H groups in total. The van der Waals surface area contributed by atoms with Crippen molar-refractivity contribution in [3.8, 4) is 0 Å². The zero-order valence-corrected chi connectivity index (χ0v) is 13.5. The van der Waals surface area contributed by atoms with Crippen molar-refractivity contribution in [2.45, 2.75) is 25.3 Å². The highest BCUT2D eigenvalue weighted by Crippen LogP contribution is 2.29. The number of nitrogens with zero attached hydrogens (tertiary/aromatic N) is 4. The van der Waals surface area contributed by atoms with E-state index in [4.69, 9.17) is 0 Å². The van der Waals surface area contributed by atoms with Crippen molar-refractivity contribution in [1.82, 2.24) is 14.9 Å². The van der Waals surface area contributed by atoms with Gasteiger partial charge in [-0.3, -0.25) is 9.88 Å². The van der Waals surface area contributed by atoms with Gasteiger partial charge >= 0.3 is 0 Å². The minimum atomic E-state index is 0.619. The summed E-state index contributed by atoms with van der Waals surface area (Å²) in [5.74, 6) is 1.67. The number of likely N-dealkylation sites (tertiary alicyclic amines) is 1. The van der Waals surface area contributed by atoms with E-state index in [2.05, 4.69) is 31.9 Å². The van der Waals surface area contributed by atoms with Crippen LogP contribution < -0.4 is 4.90 Å². The van der Waals surface area contributed by atoms with Gasteiger partial charge in [0.1, 0.15) is 5.82 Å². The number of thiazole rings is 1. The summed E-state index contributed by atoms with van der Waals surface area (Å²) in [4.78, 5) is 14.6.